The van der Waals surface area contributed by atoms with Crippen molar-refractivity contribution in [2.75, 3.05) is 0 Å². The number of amides is 1. The van der Waals surface area contributed by atoms with Crippen molar-refractivity contribution in [1.82, 2.24) is 5.32 Å². The quantitative estimate of drug-likeness (QED) is 0.909. The maximum Gasteiger partial charge on any atom is 0.331 e. The molecule has 2 N–H and O–H groups in total. The zero-order valence-corrected chi connectivity index (χ0v) is 12.6. The largest absolute Gasteiger partial charge is 0.479 e. The number of carbonyl (C=O) groups is 2. The Balaban J connectivity index is 1.71. The Labute approximate surface area is 130 Å². The normalized spacial score (nSPS) is 18.0. The maximum atomic E-state index is 12.3. The number of benzene rings is 1. The molecule has 2 unspecified atom stereocenters. The van der Waals surface area contributed by atoms with E-state index >= 15 is 0 Å². The van der Waals surface area contributed by atoms with Crippen LogP contribution in [0.15, 0.2) is 46.7 Å². The minimum absolute atomic E-state index is 0.225. The molecule has 0 spiro atoms. The first-order valence-electron chi connectivity index (χ1n) is 6.46. The van der Waals surface area contributed by atoms with Gasteiger partial charge in [0, 0.05) is 9.77 Å². The molecule has 0 fully saturated rings. The van der Waals surface area contributed by atoms with Crippen molar-refractivity contribution in [2.45, 2.75) is 22.6 Å². The third kappa shape index (κ3) is 2.96. The Kier molecular flexibility index (Phi) is 3.98. The Morgan fingerprint density at radius 3 is 2.71 bits per heavy atom. The van der Waals surface area contributed by atoms with Crippen molar-refractivity contribution in [3.8, 4) is 0 Å². The molecule has 0 aliphatic carbocycles. The average molecular weight is 319 g/mol. The molecular formula is C15H13NO3S2. The van der Waals surface area contributed by atoms with Crippen molar-refractivity contribution in [1.29, 1.82) is 0 Å². The molecule has 21 heavy (non-hydrogen) atoms. The van der Waals surface area contributed by atoms with Gasteiger partial charge in [0.2, 0.25) is 5.91 Å². The van der Waals surface area contributed by atoms with Crippen LogP contribution in [-0.2, 0) is 16.0 Å². The van der Waals surface area contributed by atoms with Gasteiger partial charge in [0.1, 0.15) is 0 Å². The molecule has 1 aliphatic rings. The molecular weight excluding hydrogens is 306 g/mol. The van der Waals surface area contributed by atoms with Crippen LogP contribution >= 0.6 is 23.1 Å². The van der Waals surface area contributed by atoms with Gasteiger partial charge in [-0.15, -0.1) is 23.1 Å². The van der Waals surface area contributed by atoms with Gasteiger partial charge in [-0.25, -0.2) is 4.79 Å². The van der Waals surface area contributed by atoms with Crippen molar-refractivity contribution in [2.24, 2.45) is 0 Å². The number of carboxylic acid groups (broad SMARTS) is 1. The zero-order valence-electron chi connectivity index (χ0n) is 11.0. The van der Waals surface area contributed by atoms with E-state index in [0.29, 0.717) is 11.3 Å². The molecule has 6 heteroatoms. The van der Waals surface area contributed by atoms with Gasteiger partial charge in [0.25, 0.3) is 0 Å². The van der Waals surface area contributed by atoms with Crippen LogP contribution in [-0.4, -0.2) is 22.2 Å². The number of thioether (sulfide) groups is 1. The summed E-state index contributed by atoms with van der Waals surface area (Å²) >= 11 is 2.82. The predicted molar refractivity (Wildman–Crippen MR) is 82.6 cm³/mol. The SMILES string of the molecule is O=C(NC(C(=O)O)c1cccs1)C1Cc2ccccc2S1. The third-order valence-corrected chi connectivity index (χ3v) is 5.56. The molecule has 3 rings (SSSR count). The fraction of sp³-hybridized carbons (Fsp3) is 0.200. The van der Waals surface area contributed by atoms with E-state index in [1.807, 2.05) is 24.3 Å². The summed E-state index contributed by atoms with van der Waals surface area (Å²) < 4.78 is 0. The monoisotopic (exact) mass is 319 g/mol. The highest BCUT2D eigenvalue weighted by Crippen LogP contribution is 2.37. The number of nitrogens with one attached hydrogen (secondary N) is 1. The topological polar surface area (TPSA) is 66.4 Å². The van der Waals surface area contributed by atoms with Crippen LogP contribution in [0.25, 0.3) is 0 Å². The molecule has 1 aromatic carbocycles. The van der Waals surface area contributed by atoms with Crippen molar-refractivity contribution < 1.29 is 14.7 Å². The van der Waals surface area contributed by atoms with Crippen LogP contribution in [0.4, 0.5) is 0 Å². The van der Waals surface area contributed by atoms with Gasteiger partial charge in [-0.1, -0.05) is 24.3 Å². The zero-order chi connectivity index (χ0) is 14.8. The second-order valence-corrected chi connectivity index (χ2v) is 6.94. The van der Waals surface area contributed by atoms with Crippen LogP contribution in [0.5, 0.6) is 0 Å². The summed E-state index contributed by atoms with van der Waals surface area (Å²) in [4.78, 5) is 25.4. The summed E-state index contributed by atoms with van der Waals surface area (Å²) in [7, 11) is 0. The summed E-state index contributed by atoms with van der Waals surface area (Å²) in [6.07, 6.45) is 0.642. The lowest BCUT2D eigenvalue weighted by atomic mass is 10.1. The number of rotatable bonds is 4. The molecule has 0 radical (unpaired) electrons. The van der Waals surface area contributed by atoms with E-state index in [0.717, 1.165) is 10.5 Å². The Morgan fingerprint density at radius 1 is 1.24 bits per heavy atom. The second kappa shape index (κ2) is 5.91. The number of thiophene rings is 1. The Bertz CT molecular complexity index is 644. The van der Waals surface area contributed by atoms with Crippen LogP contribution in [0.1, 0.15) is 16.5 Å². The van der Waals surface area contributed by atoms with Gasteiger partial charge in [0.15, 0.2) is 6.04 Å². The van der Waals surface area contributed by atoms with Crippen LogP contribution in [0.3, 0.4) is 0 Å². The predicted octanol–water partition coefficient (Wildman–Crippen LogP) is 2.71. The van der Waals surface area contributed by atoms with Gasteiger partial charge in [-0.2, -0.15) is 0 Å². The maximum absolute atomic E-state index is 12.3. The lowest BCUT2D eigenvalue weighted by Gasteiger charge is -2.15. The number of fused-ring (bicyclic) bond motifs is 1. The Morgan fingerprint density at radius 2 is 2.05 bits per heavy atom. The molecule has 108 valence electrons. The molecule has 0 bridgehead atoms. The van der Waals surface area contributed by atoms with Crippen molar-refractivity contribution >= 4 is 35.0 Å². The van der Waals surface area contributed by atoms with Crippen LogP contribution < -0.4 is 5.32 Å². The van der Waals surface area contributed by atoms with E-state index in [1.165, 1.54) is 23.1 Å². The van der Waals surface area contributed by atoms with Crippen molar-refractivity contribution in [3.63, 3.8) is 0 Å². The van der Waals surface area contributed by atoms with Gasteiger partial charge < -0.3 is 10.4 Å². The van der Waals surface area contributed by atoms with Crippen LogP contribution in [0.2, 0.25) is 0 Å². The van der Waals surface area contributed by atoms with Gasteiger partial charge in [-0.05, 0) is 29.5 Å². The van der Waals surface area contributed by atoms with Gasteiger partial charge in [-0.3, -0.25) is 4.79 Å². The van der Waals surface area contributed by atoms with Crippen molar-refractivity contribution in [3.05, 3.63) is 52.2 Å². The molecule has 2 aromatic rings. The lowest BCUT2D eigenvalue weighted by Crippen LogP contribution is -2.38. The molecule has 1 amide bonds. The number of hydrogen-bond donors (Lipinski definition) is 2. The Hall–Kier alpha value is -1.79. The third-order valence-electron chi connectivity index (χ3n) is 3.30. The average Bonchev–Trinajstić information content (AvgIpc) is 3.12. The minimum atomic E-state index is -1.04. The minimum Gasteiger partial charge on any atom is -0.479 e. The number of carbonyl (C=O) groups excluding carboxylic acids is 1. The standard InChI is InChI=1S/C15H13NO3S2/c17-14(12-8-9-4-1-2-5-10(9)21-12)16-13(15(18)19)11-6-3-7-20-11/h1-7,12-13H,8H2,(H,16,17)(H,18,19). The number of hydrogen-bond acceptors (Lipinski definition) is 4. The molecule has 0 saturated heterocycles. The first kappa shape index (κ1) is 14.2. The fourth-order valence-corrected chi connectivity index (χ4v) is 4.25. The van der Waals surface area contributed by atoms with Crippen LogP contribution in [0, 0.1) is 0 Å². The lowest BCUT2D eigenvalue weighted by molar-refractivity contribution is -0.141. The summed E-state index contributed by atoms with van der Waals surface area (Å²) in [6, 6.07) is 10.4. The fourth-order valence-electron chi connectivity index (χ4n) is 2.27. The molecule has 4 nitrogen and oxygen atoms in total. The molecule has 1 aliphatic heterocycles. The first-order valence-corrected chi connectivity index (χ1v) is 8.22. The number of aliphatic carboxylic acids is 1. The summed E-state index contributed by atoms with van der Waals surface area (Å²) in [5.74, 6) is -1.26. The van der Waals surface area contributed by atoms with E-state index in [-0.39, 0.29) is 11.2 Å². The summed E-state index contributed by atoms with van der Waals surface area (Å²) in [5.41, 5.74) is 1.14. The van der Waals surface area contributed by atoms with E-state index in [2.05, 4.69) is 5.32 Å². The first-order chi connectivity index (χ1) is 10.1. The van der Waals surface area contributed by atoms with E-state index in [9.17, 15) is 14.7 Å². The van der Waals surface area contributed by atoms with Gasteiger partial charge in [0.05, 0.1) is 5.25 Å². The van der Waals surface area contributed by atoms with E-state index in [1.54, 1.807) is 17.5 Å². The highest BCUT2D eigenvalue weighted by atomic mass is 32.2. The number of carboxylic acids is 1. The molecule has 2 heterocycles. The molecule has 1 aromatic heterocycles. The van der Waals surface area contributed by atoms with E-state index < -0.39 is 12.0 Å². The summed E-state index contributed by atoms with van der Waals surface area (Å²) in [6.45, 7) is 0. The van der Waals surface area contributed by atoms with Gasteiger partial charge >= 0.3 is 5.97 Å². The highest BCUT2D eigenvalue weighted by Gasteiger charge is 2.31. The molecule has 2 atom stereocenters. The van der Waals surface area contributed by atoms with E-state index in [4.69, 9.17) is 0 Å². The smallest absolute Gasteiger partial charge is 0.331 e. The molecule has 0 saturated carbocycles. The summed E-state index contributed by atoms with van der Waals surface area (Å²) in [5, 5.41) is 13.5. The highest BCUT2D eigenvalue weighted by molar-refractivity contribution is 8.01. The second-order valence-electron chi connectivity index (χ2n) is 4.71.